The predicted octanol–water partition coefficient (Wildman–Crippen LogP) is 5.08. The molecule has 1 heterocycles. The molecule has 9 nitrogen and oxygen atoms in total. The second-order valence-electron chi connectivity index (χ2n) is 10.7. The molecule has 9 heteroatoms. The fourth-order valence-corrected chi connectivity index (χ4v) is 5.27. The molecular weight excluding hydrogens is 518 g/mol. The molecule has 0 spiro atoms. The monoisotopic (exact) mass is 555 g/mol. The Morgan fingerprint density at radius 3 is 2.54 bits per heavy atom. The minimum absolute atomic E-state index is 0.0895. The number of aromatic nitrogens is 2. The van der Waals surface area contributed by atoms with Gasteiger partial charge in [-0.05, 0) is 66.8 Å². The molecule has 4 aromatic rings. The summed E-state index contributed by atoms with van der Waals surface area (Å²) in [4.78, 5) is 32.5. The quantitative estimate of drug-likeness (QED) is 0.222. The number of amides is 2. The number of ether oxygens (including phenoxy) is 1. The maximum atomic E-state index is 13.2. The fraction of sp³-hybridized carbons (Fsp3) is 0.344. The van der Waals surface area contributed by atoms with Gasteiger partial charge in [-0.25, -0.2) is 4.98 Å². The zero-order valence-corrected chi connectivity index (χ0v) is 23.3. The average Bonchev–Trinajstić information content (AvgIpc) is 3.62. The minimum Gasteiger partial charge on any atom is -0.489 e. The highest BCUT2D eigenvalue weighted by molar-refractivity contribution is 6.04. The molecule has 1 fully saturated rings. The Labute approximate surface area is 239 Å². The fourth-order valence-electron chi connectivity index (χ4n) is 5.27. The van der Waals surface area contributed by atoms with Crippen LogP contribution in [0.1, 0.15) is 54.4 Å². The van der Waals surface area contributed by atoms with Crippen molar-refractivity contribution in [1.82, 2.24) is 9.55 Å². The number of carbonyl (C=O) groups excluding carboxylic acids is 2. The first-order valence-corrected chi connectivity index (χ1v) is 14.2. The summed E-state index contributed by atoms with van der Waals surface area (Å²) < 4.78 is 7.66. The third kappa shape index (κ3) is 7.11. The Hall–Kier alpha value is -4.21. The van der Waals surface area contributed by atoms with E-state index in [9.17, 15) is 14.7 Å². The maximum Gasteiger partial charge on any atom is 0.257 e. The van der Waals surface area contributed by atoms with Crippen molar-refractivity contribution in [3.63, 3.8) is 0 Å². The summed E-state index contributed by atoms with van der Waals surface area (Å²) >= 11 is 0. The molecule has 1 aliphatic rings. The molecule has 3 aromatic carbocycles. The number of fused-ring (bicyclic) bond motifs is 1. The molecule has 0 saturated heterocycles. The lowest BCUT2D eigenvalue weighted by Gasteiger charge is -2.19. The van der Waals surface area contributed by atoms with E-state index in [1.807, 2.05) is 53.1 Å². The van der Waals surface area contributed by atoms with Gasteiger partial charge in [0.05, 0.1) is 11.0 Å². The summed E-state index contributed by atoms with van der Waals surface area (Å²) in [6.07, 6.45) is 4.45. The van der Waals surface area contributed by atoms with Gasteiger partial charge in [-0.15, -0.1) is 0 Å². The van der Waals surface area contributed by atoms with E-state index in [-0.39, 0.29) is 18.2 Å². The summed E-state index contributed by atoms with van der Waals surface area (Å²) in [7, 11) is 1.79. The molecule has 41 heavy (non-hydrogen) atoms. The highest BCUT2D eigenvalue weighted by atomic mass is 16.5. The number of carbonyl (C=O) groups is 2. The van der Waals surface area contributed by atoms with E-state index in [0.717, 1.165) is 29.6 Å². The topological polar surface area (TPSA) is 123 Å². The Morgan fingerprint density at radius 2 is 1.83 bits per heavy atom. The zero-order chi connectivity index (χ0) is 28.8. The number of hydrogen-bond acceptors (Lipinski definition) is 6. The lowest BCUT2D eigenvalue weighted by molar-refractivity contribution is -0.119. The van der Waals surface area contributed by atoms with Crippen molar-refractivity contribution in [1.29, 1.82) is 0 Å². The summed E-state index contributed by atoms with van der Waals surface area (Å²) in [5.41, 5.74) is 9.27. The zero-order valence-electron chi connectivity index (χ0n) is 23.3. The number of benzene rings is 3. The van der Waals surface area contributed by atoms with Crippen LogP contribution < -0.4 is 20.7 Å². The molecular formula is C32H37N5O4. The van der Waals surface area contributed by atoms with E-state index in [2.05, 4.69) is 10.3 Å². The van der Waals surface area contributed by atoms with Gasteiger partial charge >= 0.3 is 0 Å². The third-order valence-corrected chi connectivity index (χ3v) is 7.67. The van der Waals surface area contributed by atoms with Crippen LogP contribution in [0.25, 0.3) is 11.0 Å². The van der Waals surface area contributed by atoms with E-state index in [1.54, 1.807) is 36.2 Å². The molecule has 1 atom stereocenters. The number of nitrogens with two attached hydrogens (primary N) is 1. The highest BCUT2D eigenvalue weighted by Crippen LogP contribution is 2.30. The molecule has 5 rings (SSSR count). The largest absolute Gasteiger partial charge is 0.489 e. The van der Waals surface area contributed by atoms with Crippen molar-refractivity contribution < 1.29 is 19.4 Å². The Morgan fingerprint density at radius 1 is 1.10 bits per heavy atom. The van der Waals surface area contributed by atoms with Crippen LogP contribution in [0.4, 0.5) is 11.6 Å². The van der Waals surface area contributed by atoms with Gasteiger partial charge in [0, 0.05) is 37.7 Å². The van der Waals surface area contributed by atoms with Crippen LogP contribution in [-0.4, -0.2) is 39.7 Å². The SMILES string of the molecule is CN(C(=O)CC1CCCC1)c1ccc2c(c1)nc(NC(=O)c1ccc(OCc3ccccc3)cc1)n2CCC(N)O. The smallest absolute Gasteiger partial charge is 0.257 e. The standard InChI is InChI=1S/C32H37N5O4/c1-36(30(39)19-22-7-5-6-8-22)25-13-16-28-27(20-25)34-32(37(28)18-17-29(33)38)35-31(40)24-11-14-26(15-12-24)41-21-23-9-3-2-4-10-23/h2-4,9-16,20,22,29,38H,5-8,17-19,21,33H2,1H3,(H,34,35,40). The number of nitrogens with one attached hydrogen (secondary N) is 1. The molecule has 4 N–H and O–H groups in total. The van der Waals surface area contributed by atoms with Crippen LogP contribution in [0.3, 0.4) is 0 Å². The van der Waals surface area contributed by atoms with Crippen LogP contribution in [0.5, 0.6) is 5.75 Å². The second-order valence-corrected chi connectivity index (χ2v) is 10.7. The van der Waals surface area contributed by atoms with Gasteiger partial charge in [-0.2, -0.15) is 0 Å². The number of aryl methyl sites for hydroxylation is 1. The first-order chi connectivity index (χ1) is 19.9. The number of hydrogen-bond donors (Lipinski definition) is 3. The van der Waals surface area contributed by atoms with Gasteiger partial charge in [-0.3, -0.25) is 14.9 Å². The van der Waals surface area contributed by atoms with Gasteiger partial charge < -0.3 is 25.0 Å². The van der Waals surface area contributed by atoms with E-state index in [1.165, 1.54) is 12.8 Å². The van der Waals surface area contributed by atoms with Crippen molar-refractivity contribution in [2.45, 2.75) is 57.9 Å². The maximum absolute atomic E-state index is 13.2. The first kappa shape index (κ1) is 28.3. The molecule has 1 unspecified atom stereocenters. The number of rotatable bonds is 11. The minimum atomic E-state index is -1.00. The number of aliphatic hydroxyl groups is 1. The normalized spacial score (nSPS) is 14.2. The average molecular weight is 556 g/mol. The number of imidazole rings is 1. The number of anilines is 2. The van der Waals surface area contributed by atoms with E-state index in [4.69, 9.17) is 10.5 Å². The van der Waals surface area contributed by atoms with Crippen LogP contribution in [-0.2, 0) is 17.9 Å². The summed E-state index contributed by atoms with van der Waals surface area (Å²) in [6, 6.07) is 22.4. The van der Waals surface area contributed by atoms with Gasteiger partial charge in [0.2, 0.25) is 11.9 Å². The highest BCUT2D eigenvalue weighted by Gasteiger charge is 2.22. The van der Waals surface area contributed by atoms with Gasteiger partial charge in [0.1, 0.15) is 18.6 Å². The summed E-state index contributed by atoms with van der Waals surface area (Å²) in [5, 5.41) is 12.6. The summed E-state index contributed by atoms with van der Waals surface area (Å²) in [6.45, 7) is 0.790. The molecule has 214 valence electrons. The lowest BCUT2D eigenvalue weighted by atomic mass is 10.0. The van der Waals surface area contributed by atoms with Gasteiger partial charge in [0.15, 0.2) is 0 Å². The first-order valence-electron chi connectivity index (χ1n) is 14.2. The van der Waals surface area contributed by atoms with Crippen LogP contribution >= 0.6 is 0 Å². The molecule has 0 aliphatic heterocycles. The Balaban J connectivity index is 1.31. The van der Waals surface area contributed by atoms with E-state index >= 15 is 0 Å². The van der Waals surface area contributed by atoms with Gasteiger partial charge in [-0.1, -0.05) is 43.2 Å². The molecule has 1 aromatic heterocycles. The van der Waals surface area contributed by atoms with E-state index < -0.39 is 6.23 Å². The number of aliphatic hydroxyl groups excluding tert-OH is 1. The summed E-state index contributed by atoms with van der Waals surface area (Å²) in [5.74, 6) is 1.22. The molecule has 0 bridgehead atoms. The van der Waals surface area contributed by atoms with Crippen LogP contribution in [0.2, 0.25) is 0 Å². The van der Waals surface area contributed by atoms with Crippen molar-refractivity contribution in [2.75, 3.05) is 17.3 Å². The Kier molecular flexibility index (Phi) is 8.96. The van der Waals surface area contributed by atoms with Gasteiger partial charge in [0.25, 0.3) is 5.91 Å². The number of nitrogens with zero attached hydrogens (tertiary/aromatic N) is 3. The third-order valence-electron chi connectivity index (χ3n) is 7.67. The molecule has 1 aliphatic carbocycles. The van der Waals surface area contributed by atoms with Crippen LogP contribution in [0.15, 0.2) is 72.8 Å². The molecule has 2 amide bonds. The predicted molar refractivity (Wildman–Crippen MR) is 160 cm³/mol. The Bertz CT molecular complexity index is 1480. The second kappa shape index (κ2) is 13.0. The van der Waals surface area contributed by atoms with Crippen LogP contribution in [0, 0.1) is 5.92 Å². The lowest BCUT2D eigenvalue weighted by Crippen LogP contribution is -2.27. The molecule has 1 saturated carbocycles. The van der Waals surface area contributed by atoms with Crippen molar-refractivity contribution in [3.8, 4) is 5.75 Å². The van der Waals surface area contributed by atoms with E-state index in [0.29, 0.717) is 48.3 Å². The molecule has 0 radical (unpaired) electrons. The van der Waals surface area contributed by atoms with Crippen molar-refractivity contribution in [3.05, 3.63) is 83.9 Å². The van der Waals surface area contributed by atoms with Crippen molar-refractivity contribution >= 4 is 34.5 Å². The van der Waals surface area contributed by atoms with Crippen molar-refractivity contribution in [2.24, 2.45) is 11.7 Å².